The third kappa shape index (κ3) is 3.70. The van der Waals surface area contributed by atoms with Gasteiger partial charge in [-0.25, -0.2) is 4.39 Å². The number of amides is 2. The van der Waals surface area contributed by atoms with Gasteiger partial charge in [-0.05, 0) is 44.0 Å². The van der Waals surface area contributed by atoms with Gasteiger partial charge in [-0.15, -0.1) is 0 Å². The number of halogens is 1. The number of nitrogens with one attached hydrogen (secondary N) is 3. The monoisotopic (exact) mass is 317 g/mol. The molecular formula is C17H20FN3O2. The van der Waals surface area contributed by atoms with Crippen molar-refractivity contribution >= 4 is 22.7 Å². The topological polar surface area (TPSA) is 74.0 Å². The molecule has 0 radical (unpaired) electrons. The van der Waals surface area contributed by atoms with Crippen LogP contribution < -0.4 is 10.6 Å². The molecule has 0 saturated carbocycles. The molecule has 1 unspecified atom stereocenters. The highest BCUT2D eigenvalue weighted by atomic mass is 19.1. The van der Waals surface area contributed by atoms with E-state index in [0.29, 0.717) is 25.8 Å². The first-order valence-corrected chi connectivity index (χ1v) is 7.78. The van der Waals surface area contributed by atoms with Gasteiger partial charge in [0.1, 0.15) is 5.82 Å². The summed E-state index contributed by atoms with van der Waals surface area (Å²) in [6.07, 6.45) is 2.30. The van der Waals surface area contributed by atoms with Crippen molar-refractivity contribution in [3.05, 3.63) is 35.8 Å². The Labute approximate surface area is 133 Å². The van der Waals surface area contributed by atoms with Crippen LogP contribution in [-0.4, -0.2) is 22.3 Å². The second kappa shape index (κ2) is 6.02. The van der Waals surface area contributed by atoms with Gasteiger partial charge in [0.05, 0.1) is 6.54 Å². The summed E-state index contributed by atoms with van der Waals surface area (Å²) >= 11 is 0. The minimum atomic E-state index is -0.279. The molecule has 3 rings (SSSR count). The number of hydrogen-bond acceptors (Lipinski definition) is 2. The molecule has 1 atom stereocenters. The molecule has 3 N–H and O–H groups in total. The number of H-pyrrole nitrogens is 1. The standard InChI is InChI=1S/C17H20FN3O2/c1-17(7-5-16(23)21-17)6-4-15(22)19-10-13-9-11-8-12(18)2-3-14(11)20-13/h2-3,8-9,20H,4-7,10H2,1H3,(H,19,22)(H,21,23). The van der Waals surface area contributed by atoms with Crippen LogP contribution in [-0.2, 0) is 16.1 Å². The van der Waals surface area contributed by atoms with Gasteiger partial charge in [-0.1, -0.05) is 0 Å². The Morgan fingerprint density at radius 1 is 1.39 bits per heavy atom. The zero-order valence-electron chi connectivity index (χ0n) is 13.0. The van der Waals surface area contributed by atoms with Crippen LogP contribution in [0, 0.1) is 5.82 Å². The van der Waals surface area contributed by atoms with E-state index in [1.807, 2.05) is 13.0 Å². The Hall–Kier alpha value is -2.37. The fourth-order valence-corrected chi connectivity index (χ4v) is 2.97. The zero-order valence-corrected chi connectivity index (χ0v) is 13.0. The number of fused-ring (bicyclic) bond motifs is 1. The van der Waals surface area contributed by atoms with E-state index in [1.54, 1.807) is 6.07 Å². The first-order valence-electron chi connectivity index (χ1n) is 7.78. The van der Waals surface area contributed by atoms with Crippen LogP contribution in [0.1, 0.15) is 38.3 Å². The first-order chi connectivity index (χ1) is 10.9. The van der Waals surface area contributed by atoms with E-state index in [0.717, 1.165) is 23.0 Å². The van der Waals surface area contributed by atoms with Crippen LogP contribution in [0.4, 0.5) is 4.39 Å². The lowest BCUT2D eigenvalue weighted by Crippen LogP contribution is -2.39. The van der Waals surface area contributed by atoms with E-state index >= 15 is 0 Å². The van der Waals surface area contributed by atoms with Crippen molar-refractivity contribution in [2.75, 3.05) is 0 Å². The average Bonchev–Trinajstić information content (AvgIpc) is 3.06. The summed E-state index contributed by atoms with van der Waals surface area (Å²) in [6, 6.07) is 6.37. The van der Waals surface area contributed by atoms with Gasteiger partial charge in [0.25, 0.3) is 0 Å². The van der Waals surface area contributed by atoms with Crippen molar-refractivity contribution in [2.45, 2.75) is 44.7 Å². The van der Waals surface area contributed by atoms with E-state index in [1.165, 1.54) is 12.1 Å². The maximum Gasteiger partial charge on any atom is 0.220 e. The van der Waals surface area contributed by atoms with E-state index in [2.05, 4.69) is 15.6 Å². The number of aromatic nitrogens is 1. The normalized spacial score (nSPS) is 20.7. The van der Waals surface area contributed by atoms with E-state index in [9.17, 15) is 14.0 Å². The van der Waals surface area contributed by atoms with Gasteiger partial charge in [0, 0.05) is 35.0 Å². The molecule has 1 aromatic heterocycles. The van der Waals surface area contributed by atoms with Crippen molar-refractivity contribution < 1.29 is 14.0 Å². The maximum atomic E-state index is 13.2. The summed E-state index contributed by atoms with van der Waals surface area (Å²) in [5, 5.41) is 6.56. The number of benzene rings is 1. The molecule has 0 aliphatic carbocycles. The van der Waals surface area contributed by atoms with Crippen LogP contribution in [0.15, 0.2) is 24.3 Å². The summed E-state index contributed by atoms with van der Waals surface area (Å²) in [5.41, 5.74) is 1.41. The lowest BCUT2D eigenvalue weighted by atomic mass is 9.94. The maximum absolute atomic E-state index is 13.2. The average molecular weight is 317 g/mol. The Balaban J connectivity index is 1.51. The molecule has 0 spiro atoms. The van der Waals surface area contributed by atoms with Gasteiger partial charge in [0.2, 0.25) is 11.8 Å². The lowest BCUT2D eigenvalue weighted by molar-refractivity contribution is -0.122. The minimum Gasteiger partial charge on any atom is -0.357 e. The van der Waals surface area contributed by atoms with Crippen molar-refractivity contribution in [1.82, 2.24) is 15.6 Å². The molecule has 1 aliphatic rings. The largest absolute Gasteiger partial charge is 0.357 e. The molecule has 122 valence electrons. The highest BCUT2D eigenvalue weighted by Gasteiger charge is 2.32. The molecule has 2 amide bonds. The molecule has 2 heterocycles. The molecule has 2 aromatic rings. The van der Waals surface area contributed by atoms with E-state index in [-0.39, 0.29) is 23.2 Å². The van der Waals surface area contributed by atoms with Gasteiger partial charge < -0.3 is 15.6 Å². The molecule has 5 nitrogen and oxygen atoms in total. The Bertz CT molecular complexity index is 755. The van der Waals surface area contributed by atoms with E-state index < -0.39 is 0 Å². The molecule has 0 bridgehead atoms. The molecule has 1 fully saturated rings. The predicted octanol–water partition coefficient (Wildman–Crippen LogP) is 2.37. The quantitative estimate of drug-likeness (QED) is 0.792. The second-order valence-electron chi connectivity index (χ2n) is 6.41. The molecule has 6 heteroatoms. The SMILES string of the molecule is CC1(CCC(=O)NCc2cc3cc(F)ccc3[nH]2)CCC(=O)N1. The molecule has 1 aromatic carbocycles. The van der Waals surface area contributed by atoms with Gasteiger partial charge >= 0.3 is 0 Å². The number of carbonyl (C=O) groups is 2. The summed E-state index contributed by atoms with van der Waals surface area (Å²) in [7, 11) is 0. The number of hydrogen-bond donors (Lipinski definition) is 3. The van der Waals surface area contributed by atoms with Crippen LogP contribution in [0.3, 0.4) is 0 Å². The van der Waals surface area contributed by atoms with Crippen molar-refractivity contribution in [2.24, 2.45) is 0 Å². The van der Waals surface area contributed by atoms with Crippen LogP contribution in [0.25, 0.3) is 10.9 Å². The van der Waals surface area contributed by atoms with Gasteiger partial charge in [0.15, 0.2) is 0 Å². The predicted molar refractivity (Wildman–Crippen MR) is 85.1 cm³/mol. The summed E-state index contributed by atoms with van der Waals surface area (Å²) in [5.74, 6) is -0.283. The third-order valence-corrected chi connectivity index (χ3v) is 4.36. The molecule has 23 heavy (non-hydrogen) atoms. The Morgan fingerprint density at radius 3 is 2.96 bits per heavy atom. The van der Waals surface area contributed by atoms with Crippen LogP contribution in [0.5, 0.6) is 0 Å². The highest BCUT2D eigenvalue weighted by Crippen LogP contribution is 2.24. The molecule has 1 saturated heterocycles. The fraction of sp³-hybridized carbons (Fsp3) is 0.412. The van der Waals surface area contributed by atoms with Crippen molar-refractivity contribution in [3.63, 3.8) is 0 Å². The van der Waals surface area contributed by atoms with Gasteiger partial charge in [-0.2, -0.15) is 0 Å². The van der Waals surface area contributed by atoms with Gasteiger partial charge in [-0.3, -0.25) is 9.59 Å². The van der Waals surface area contributed by atoms with Crippen molar-refractivity contribution in [3.8, 4) is 0 Å². The summed E-state index contributed by atoms with van der Waals surface area (Å²) in [6.45, 7) is 2.34. The lowest BCUT2D eigenvalue weighted by Gasteiger charge is -2.23. The Kier molecular flexibility index (Phi) is 4.07. The molecular weight excluding hydrogens is 297 g/mol. The fourth-order valence-electron chi connectivity index (χ4n) is 2.97. The number of aromatic amines is 1. The molecule has 1 aliphatic heterocycles. The third-order valence-electron chi connectivity index (χ3n) is 4.36. The van der Waals surface area contributed by atoms with Crippen LogP contribution in [0.2, 0.25) is 0 Å². The Morgan fingerprint density at radius 2 is 2.22 bits per heavy atom. The number of carbonyl (C=O) groups excluding carboxylic acids is 2. The summed E-state index contributed by atoms with van der Waals surface area (Å²) < 4.78 is 13.2. The second-order valence-corrected chi connectivity index (χ2v) is 6.41. The van der Waals surface area contributed by atoms with Crippen LogP contribution >= 0.6 is 0 Å². The summed E-state index contributed by atoms with van der Waals surface area (Å²) in [4.78, 5) is 26.4. The number of rotatable bonds is 5. The highest BCUT2D eigenvalue weighted by molar-refractivity contribution is 5.81. The van der Waals surface area contributed by atoms with E-state index in [4.69, 9.17) is 0 Å². The zero-order chi connectivity index (χ0) is 16.4. The van der Waals surface area contributed by atoms with Crippen molar-refractivity contribution in [1.29, 1.82) is 0 Å². The minimum absolute atomic E-state index is 0.0539. The smallest absolute Gasteiger partial charge is 0.220 e. The first kappa shape index (κ1) is 15.5.